The van der Waals surface area contributed by atoms with Gasteiger partial charge in [0.2, 0.25) is 5.91 Å². The lowest BCUT2D eigenvalue weighted by molar-refractivity contribution is -0.123. The molecule has 1 N–H and O–H groups in total. The Morgan fingerprint density at radius 1 is 1.47 bits per heavy atom. The summed E-state index contributed by atoms with van der Waals surface area (Å²) in [6, 6.07) is 7.54. The Labute approximate surface area is 101 Å². The van der Waals surface area contributed by atoms with Crippen molar-refractivity contribution in [1.82, 2.24) is 10.2 Å². The molecule has 1 fully saturated rings. The van der Waals surface area contributed by atoms with Gasteiger partial charge in [0.15, 0.2) is 5.78 Å². The van der Waals surface area contributed by atoms with E-state index in [0.29, 0.717) is 19.6 Å². The van der Waals surface area contributed by atoms with Gasteiger partial charge in [0.05, 0.1) is 13.1 Å². The first-order valence-corrected chi connectivity index (χ1v) is 5.74. The van der Waals surface area contributed by atoms with Gasteiger partial charge in [-0.25, -0.2) is 0 Å². The van der Waals surface area contributed by atoms with Crippen molar-refractivity contribution >= 4 is 11.7 Å². The van der Waals surface area contributed by atoms with Crippen molar-refractivity contribution in [3.63, 3.8) is 0 Å². The standard InChI is InChI=1S/C13H16N2O2/c1-10-3-2-4-11(7-10)12(16)8-15-6-5-14-13(17)9-15/h2-4,7H,5-6,8-9H2,1H3,(H,14,17). The van der Waals surface area contributed by atoms with Crippen LogP contribution in [0.2, 0.25) is 0 Å². The van der Waals surface area contributed by atoms with E-state index in [1.54, 1.807) is 0 Å². The van der Waals surface area contributed by atoms with Crippen LogP contribution in [-0.2, 0) is 4.79 Å². The summed E-state index contributed by atoms with van der Waals surface area (Å²) in [6.07, 6.45) is 0. The zero-order valence-corrected chi connectivity index (χ0v) is 9.90. The van der Waals surface area contributed by atoms with Crippen LogP contribution in [0.15, 0.2) is 24.3 Å². The molecule has 1 amide bonds. The van der Waals surface area contributed by atoms with E-state index in [0.717, 1.165) is 17.7 Å². The van der Waals surface area contributed by atoms with Crippen LogP contribution in [-0.4, -0.2) is 42.8 Å². The number of hydrogen-bond donors (Lipinski definition) is 1. The molecule has 0 aliphatic carbocycles. The summed E-state index contributed by atoms with van der Waals surface area (Å²) >= 11 is 0. The number of nitrogens with zero attached hydrogens (tertiary/aromatic N) is 1. The third-order valence-corrected chi connectivity index (χ3v) is 2.82. The summed E-state index contributed by atoms with van der Waals surface area (Å²) in [6.45, 7) is 3.96. The molecule has 0 unspecified atom stereocenters. The predicted octanol–water partition coefficient (Wildman–Crippen LogP) is 0.610. The molecule has 2 rings (SSSR count). The van der Waals surface area contributed by atoms with E-state index in [4.69, 9.17) is 0 Å². The fourth-order valence-electron chi connectivity index (χ4n) is 1.94. The molecule has 0 saturated carbocycles. The largest absolute Gasteiger partial charge is 0.354 e. The summed E-state index contributed by atoms with van der Waals surface area (Å²) < 4.78 is 0. The van der Waals surface area contributed by atoms with Crippen LogP contribution in [0.5, 0.6) is 0 Å². The summed E-state index contributed by atoms with van der Waals surface area (Å²) in [5, 5.41) is 2.74. The zero-order chi connectivity index (χ0) is 12.3. The Balaban J connectivity index is 1.99. The van der Waals surface area contributed by atoms with Crippen molar-refractivity contribution in [3.05, 3.63) is 35.4 Å². The van der Waals surface area contributed by atoms with Gasteiger partial charge in [-0.1, -0.05) is 23.8 Å². The Hall–Kier alpha value is -1.68. The van der Waals surface area contributed by atoms with Crippen LogP contribution in [0.4, 0.5) is 0 Å². The summed E-state index contributed by atoms with van der Waals surface area (Å²) in [5.41, 5.74) is 1.79. The van der Waals surface area contributed by atoms with Gasteiger partial charge in [-0.3, -0.25) is 14.5 Å². The van der Waals surface area contributed by atoms with E-state index in [9.17, 15) is 9.59 Å². The fourth-order valence-corrected chi connectivity index (χ4v) is 1.94. The van der Waals surface area contributed by atoms with E-state index >= 15 is 0 Å². The number of Topliss-reactive ketones (excluding diaryl/α,β-unsaturated/α-hetero) is 1. The maximum atomic E-state index is 12.0. The summed E-state index contributed by atoms with van der Waals surface area (Å²) in [7, 11) is 0. The quantitative estimate of drug-likeness (QED) is 0.777. The zero-order valence-electron chi connectivity index (χ0n) is 9.90. The highest BCUT2D eigenvalue weighted by molar-refractivity contribution is 5.98. The maximum absolute atomic E-state index is 12.0. The number of carbonyl (C=O) groups excluding carboxylic acids is 2. The molecule has 0 radical (unpaired) electrons. The smallest absolute Gasteiger partial charge is 0.234 e. The van der Waals surface area contributed by atoms with Crippen LogP contribution < -0.4 is 5.32 Å². The molecule has 0 bridgehead atoms. The normalized spacial score (nSPS) is 16.6. The van der Waals surface area contributed by atoms with Crippen molar-refractivity contribution in [2.24, 2.45) is 0 Å². The topological polar surface area (TPSA) is 49.4 Å². The van der Waals surface area contributed by atoms with Gasteiger partial charge in [0.1, 0.15) is 0 Å². The SMILES string of the molecule is Cc1cccc(C(=O)CN2CCNC(=O)C2)c1. The number of benzene rings is 1. The fraction of sp³-hybridized carbons (Fsp3) is 0.385. The third kappa shape index (κ3) is 3.14. The number of nitrogens with one attached hydrogen (secondary N) is 1. The van der Waals surface area contributed by atoms with Gasteiger partial charge < -0.3 is 5.32 Å². The van der Waals surface area contributed by atoms with E-state index in [2.05, 4.69) is 5.32 Å². The molecule has 4 nitrogen and oxygen atoms in total. The highest BCUT2D eigenvalue weighted by Gasteiger charge is 2.19. The first kappa shape index (κ1) is 11.8. The third-order valence-electron chi connectivity index (χ3n) is 2.82. The van der Waals surface area contributed by atoms with Gasteiger partial charge in [-0.05, 0) is 13.0 Å². The van der Waals surface area contributed by atoms with Crippen molar-refractivity contribution in [3.8, 4) is 0 Å². The van der Waals surface area contributed by atoms with Crippen molar-refractivity contribution in [1.29, 1.82) is 0 Å². The average molecular weight is 232 g/mol. The molecule has 1 saturated heterocycles. The Bertz CT molecular complexity index is 443. The second kappa shape index (κ2) is 5.10. The molecular formula is C13H16N2O2. The molecular weight excluding hydrogens is 216 g/mol. The van der Waals surface area contributed by atoms with Gasteiger partial charge in [-0.15, -0.1) is 0 Å². The lowest BCUT2D eigenvalue weighted by Crippen LogP contribution is -2.49. The van der Waals surface area contributed by atoms with Crippen molar-refractivity contribution in [2.45, 2.75) is 6.92 Å². The molecule has 0 aromatic heterocycles. The van der Waals surface area contributed by atoms with Gasteiger partial charge in [0.25, 0.3) is 0 Å². The maximum Gasteiger partial charge on any atom is 0.234 e. The highest BCUT2D eigenvalue weighted by atomic mass is 16.2. The monoisotopic (exact) mass is 232 g/mol. The summed E-state index contributed by atoms with van der Waals surface area (Å²) in [4.78, 5) is 25.1. The van der Waals surface area contributed by atoms with Crippen molar-refractivity contribution < 1.29 is 9.59 Å². The molecule has 1 aliphatic rings. The minimum Gasteiger partial charge on any atom is -0.354 e. The van der Waals surface area contributed by atoms with Crippen LogP contribution in [0.25, 0.3) is 0 Å². The second-order valence-corrected chi connectivity index (χ2v) is 4.35. The predicted molar refractivity (Wildman–Crippen MR) is 65.0 cm³/mol. The molecule has 1 heterocycles. The lowest BCUT2D eigenvalue weighted by Gasteiger charge is -2.25. The number of piperazine rings is 1. The molecule has 1 aromatic carbocycles. The first-order chi connectivity index (χ1) is 8.15. The van der Waals surface area contributed by atoms with Crippen molar-refractivity contribution in [2.75, 3.05) is 26.2 Å². The first-order valence-electron chi connectivity index (χ1n) is 5.74. The van der Waals surface area contributed by atoms with Crippen LogP contribution in [0, 0.1) is 6.92 Å². The highest BCUT2D eigenvalue weighted by Crippen LogP contribution is 2.06. The molecule has 0 spiro atoms. The number of aryl methyl sites for hydroxylation is 1. The molecule has 4 heteroatoms. The Morgan fingerprint density at radius 3 is 3.00 bits per heavy atom. The minimum atomic E-state index is -0.00621. The number of hydrogen-bond acceptors (Lipinski definition) is 3. The Morgan fingerprint density at radius 2 is 2.29 bits per heavy atom. The number of ketones is 1. The number of rotatable bonds is 3. The second-order valence-electron chi connectivity index (χ2n) is 4.35. The van der Waals surface area contributed by atoms with Gasteiger partial charge >= 0.3 is 0 Å². The van der Waals surface area contributed by atoms with E-state index in [-0.39, 0.29) is 11.7 Å². The van der Waals surface area contributed by atoms with Crippen LogP contribution >= 0.6 is 0 Å². The van der Waals surface area contributed by atoms with E-state index in [1.165, 1.54) is 0 Å². The lowest BCUT2D eigenvalue weighted by atomic mass is 10.1. The molecule has 0 atom stereocenters. The number of carbonyl (C=O) groups is 2. The average Bonchev–Trinajstić information content (AvgIpc) is 2.29. The Kier molecular flexibility index (Phi) is 3.54. The molecule has 90 valence electrons. The molecule has 1 aliphatic heterocycles. The molecule has 1 aromatic rings. The van der Waals surface area contributed by atoms with Gasteiger partial charge in [-0.2, -0.15) is 0 Å². The van der Waals surface area contributed by atoms with Crippen LogP contribution in [0.3, 0.4) is 0 Å². The van der Waals surface area contributed by atoms with Gasteiger partial charge in [0, 0.05) is 18.7 Å². The van der Waals surface area contributed by atoms with Crippen LogP contribution in [0.1, 0.15) is 15.9 Å². The van der Waals surface area contributed by atoms with E-state index in [1.807, 2.05) is 36.1 Å². The number of amides is 1. The minimum absolute atomic E-state index is 0.00621. The van der Waals surface area contributed by atoms with E-state index < -0.39 is 0 Å². The molecule has 17 heavy (non-hydrogen) atoms. The summed E-state index contributed by atoms with van der Waals surface area (Å²) in [5.74, 6) is 0.0664.